The van der Waals surface area contributed by atoms with Crippen molar-refractivity contribution in [2.45, 2.75) is 51.7 Å². The minimum atomic E-state index is -0.495. The van der Waals surface area contributed by atoms with Crippen molar-refractivity contribution in [2.24, 2.45) is 5.92 Å². The van der Waals surface area contributed by atoms with Gasteiger partial charge in [0.05, 0.1) is 12.7 Å². The fourth-order valence-corrected chi connectivity index (χ4v) is 2.67. The Labute approximate surface area is 110 Å². The number of hydrogen-bond donors (Lipinski definition) is 1. The van der Waals surface area contributed by atoms with Crippen LogP contribution in [-0.2, 0) is 4.74 Å². The van der Waals surface area contributed by atoms with Crippen LogP contribution in [0.2, 0.25) is 0 Å². The number of benzene rings is 1. The maximum Gasteiger partial charge on any atom is 0.103 e. The van der Waals surface area contributed by atoms with Crippen molar-refractivity contribution in [3.63, 3.8) is 0 Å². The van der Waals surface area contributed by atoms with Gasteiger partial charge in [-0.2, -0.15) is 0 Å². The first-order valence-electron chi connectivity index (χ1n) is 7.02. The second-order valence-corrected chi connectivity index (χ2v) is 5.59. The Morgan fingerprint density at radius 2 is 1.89 bits per heavy atom. The number of aliphatic hydroxyl groups excluding tert-OH is 1. The molecule has 1 aromatic rings. The SMILES string of the molecule is Cc1ccccc1C(O)COC1CCC(C)CC1. The molecule has 2 nitrogen and oxygen atoms in total. The highest BCUT2D eigenvalue weighted by Gasteiger charge is 2.20. The molecule has 0 spiro atoms. The standard InChI is InChI=1S/C16H24O2/c1-12-7-9-14(10-8-12)18-11-16(17)15-6-4-3-5-13(15)2/h3-6,12,14,16-17H,7-11H2,1-2H3. The van der Waals surface area contributed by atoms with Crippen molar-refractivity contribution in [2.75, 3.05) is 6.61 Å². The molecule has 1 N–H and O–H groups in total. The van der Waals surface area contributed by atoms with E-state index in [4.69, 9.17) is 4.74 Å². The van der Waals surface area contributed by atoms with Gasteiger partial charge in [-0.25, -0.2) is 0 Å². The molecule has 1 unspecified atom stereocenters. The van der Waals surface area contributed by atoms with E-state index in [1.807, 2.05) is 31.2 Å². The van der Waals surface area contributed by atoms with Crippen LogP contribution in [0.1, 0.15) is 49.8 Å². The van der Waals surface area contributed by atoms with Gasteiger partial charge in [-0.3, -0.25) is 0 Å². The Morgan fingerprint density at radius 3 is 2.56 bits per heavy atom. The van der Waals surface area contributed by atoms with Crippen LogP contribution in [0.25, 0.3) is 0 Å². The summed E-state index contributed by atoms with van der Waals surface area (Å²) in [6.07, 6.45) is 4.64. The number of aliphatic hydroxyl groups is 1. The highest BCUT2D eigenvalue weighted by Crippen LogP contribution is 2.26. The van der Waals surface area contributed by atoms with Gasteiger partial charge >= 0.3 is 0 Å². The van der Waals surface area contributed by atoms with Crippen LogP contribution >= 0.6 is 0 Å². The summed E-state index contributed by atoms with van der Waals surface area (Å²) < 4.78 is 5.85. The van der Waals surface area contributed by atoms with Crippen molar-refractivity contribution in [1.29, 1.82) is 0 Å². The predicted octanol–water partition coefficient (Wildman–Crippen LogP) is 3.62. The van der Waals surface area contributed by atoms with Crippen LogP contribution in [0.5, 0.6) is 0 Å². The van der Waals surface area contributed by atoms with Gasteiger partial charge in [-0.1, -0.05) is 31.2 Å². The van der Waals surface area contributed by atoms with Crippen LogP contribution in [0.4, 0.5) is 0 Å². The number of aryl methyl sites for hydroxylation is 1. The third kappa shape index (κ3) is 3.56. The van der Waals surface area contributed by atoms with Crippen LogP contribution < -0.4 is 0 Å². The lowest BCUT2D eigenvalue weighted by atomic mass is 9.89. The Kier molecular flexibility index (Phi) is 4.79. The summed E-state index contributed by atoms with van der Waals surface area (Å²) in [6.45, 7) is 4.75. The first-order chi connectivity index (χ1) is 8.66. The van der Waals surface area contributed by atoms with Crippen molar-refractivity contribution >= 4 is 0 Å². The fraction of sp³-hybridized carbons (Fsp3) is 0.625. The largest absolute Gasteiger partial charge is 0.386 e. The molecule has 1 fully saturated rings. The first kappa shape index (κ1) is 13.6. The first-order valence-corrected chi connectivity index (χ1v) is 7.02. The van der Waals surface area contributed by atoms with Gasteiger partial charge < -0.3 is 9.84 Å². The molecule has 1 aliphatic carbocycles. The molecule has 1 atom stereocenters. The fourth-order valence-electron chi connectivity index (χ4n) is 2.67. The topological polar surface area (TPSA) is 29.5 Å². The summed E-state index contributed by atoms with van der Waals surface area (Å²) >= 11 is 0. The van der Waals surface area contributed by atoms with E-state index in [1.165, 1.54) is 12.8 Å². The summed E-state index contributed by atoms with van der Waals surface area (Å²) in [5.74, 6) is 0.839. The lowest BCUT2D eigenvalue weighted by Gasteiger charge is -2.27. The summed E-state index contributed by atoms with van der Waals surface area (Å²) in [5, 5.41) is 10.2. The van der Waals surface area contributed by atoms with Gasteiger partial charge in [0.1, 0.15) is 6.10 Å². The maximum atomic E-state index is 10.2. The molecular formula is C16H24O2. The van der Waals surface area contributed by atoms with Crippen molar-refractivity contribution < 1.29 is 9.84 Å². The Balaban J connectivity index is 1.81. The van der Waals surface area contributed by atoms with E-state index in [0.29, 0.717) is 12.7 Å². The second-order valence-electron chi connectivity index (χ2n) is 5.59. The Morgan fingerprint density at radius 1 is 1.22 bits per heavy atom. The van der Waals surface area contributed by atoms with Gasteiger partial charge in [-0.05, 0) is 49.7 Å². The Hall–Kier alpha value is -0.860. The molecule has 0 bridgehead atoms. The lowest BCUT2D eigenvalue weighted by Crippen LogP contribution is -2.23. The van der Waals surface area contributed by atoms with E-state index in [0.717, 1.165) is 29.9 Å². The zero-order valence-corrected chi connectivity index (χ0v) is 11.4. The van der Waals surface area contributed by atoms with Crippen molar-refractivity contribution in [3.05, 3.63) is 35.4 Å². The average Bonchev–Trinajstić information content (AvgIpc) is 2.38. The summed E-state index contributed by atoms with van der Waals surface area (Å²) in [6, 6.07) is 7.97. The summed E-state index contributed by atoms with van der Waals surface area (Å²) in [5.41, 5.74) is 2.12. The molecule has 0 radical (unpaired) electrons. The molecule has 2 heteroatoms. The highest BCUT2D eigenvalue weighted by molar-refractivity contribution is 5.27. The summed E-state index contributed by atoms with van der Waals surface area (Å²) in [4.78, 5) is 0. The zero-order valence-electron chi connectivity index (χ0n) is 11.4. The third-order valence-electron chi connectivity index (χ3n) is 4.00. The maximum absolute atomic E-state index is 10.2. The molecule has 0 saturated heterocycles. The molecule has 1 saturated carbocycles. The quantitative estimate of drug-likeness (QED) is 0.881. The molecule has 2 rings (SSSR count). The van der Waals surface area contributed by atoms with Gasteiger partial charge in [0, 0.05) is 0 Å². The van der Waals surface area contributed by atoms with Crippen molar-refractivity contribution in [3.8, 4) is 0 Å². The van der Waals surface area contributed by atoms with Gasteiger partial charge in [0.25, 0.3) is 0 Å². The van der Waals surface area contributed by atoms with E-state index < -0.39 is 6.10 Å². The minimum absolute atomic E-state index is 0.347. The molecule has 0 amide bonds. The zero-order chi connectivity index (χ0) is 13.0. The molecular weight excluding hydrogens is 224 g/mol. The van der Waals surface area contributed by atoms with E-state index in [1.54, 1.807) is 0 Å². The highest BCUT2D eigenvalue weighted by atomic mass is 16.5. The van der Waals surface area contributed by atoms with Crippen LogP contribution in [-0.4, -0.2) is 17.8 Å². The molecule has 0 heterocycles. The van der Waals surface area contributed by atoms with Gasteiger partial charge in [0.2, 0.25) is 0 Å². The van der Waals surface area contributed by atoms with Crippen LogP contribution in [0.3, 0.4) is 0 Å². The molecule has 1 aliphatic rings. The van der Waals surface area contributed by atoms with E-state index in [2.05, 4.69) is 6.92 Å². The average molecular weight is 248 g/mol. The predicted molar refractivity (Wildman–Crippen MR) is 73.5 cm³/mol. The summed E-state index contributed by atoms with van der Waals surface area (Å²) in [7, 11) is 0. The van der Waals surface area contributed by atoms with Crippen molar-refractivity contribution in [1.82, 2.24) is 0 Å². The lowest BCUT2D eigenvalue weighted by molar-refractivity contribution is -0.0295. The second kappa shape index (κ2) is 6.35. The molecule has 0 aliphatic heterocycles. The number of rotatable bonds is 4. The third-order valence-corrected chi connectivity index (χ3v) is 4.00. The monoisotopic (exact) mass is 248 g/mol. The number of hydrogen-bond acceptors (Lipinski definition) is 2. The molecule has 100 valence electrons. The molecule has 18 heavy (non-hydrogen) atoms. The Bertz CT molecular complexity index is 367. The molecule has 1 aromatic carbocycles. The van der Waals surface area contributed by atoms with E-state index in [9.17, 15) is 5.11 Å². The minimum Gasteiger partial charge on any atom is -0.386 e. The normalized spacial score (nSPS) is 25.9. The smallest absolute Gasteiger partial charge is 0.103 e. The van der Waals surface area contributed by atoms with Crippen LogP contribution in [0.15, 0.2) is 24.3 Å². The number of ether oxygens (including phenoxy) is 1. The van der Waals surface area contributed by atoms with E-state index in [-0.39, 0.29) is 0 Å². The van der Waals surface area contributed by atoms with Gasteiger partial charge in [0.15, 0.2) is 0 Å². The molecule has 0 aromatic heterocycles. The van der Waals surface area contributed by atoms with E-state index >= 15 is 0 Å². The van der Waals surface area contributed by atoms with Gasteiger partial charge in [-0.15, -0.1) is 0 Å². The van der Waals surface area contributed by atoms with Crippen LogP contribution in [0, 0.1) is 12.8 Å².